The highest BCUT2D eigenvalue weighted by molar-refractivity contribution is 5.27. The smallest absolute Gasteiger partial charge is 0.119 e. The van der Waals surface area contributed by atoms with Gasteiger partial charge in [-0.1, -0.05) is 12.1 Å². The Labute approximate surface area is 109 Å². The van der Waals surface area contributed by atoms with Crippen LogP contribution in [0.1, 0.15) is 25.8 Å². The lowest BCUT2D eigenvalue weighted by Gasteiger charge is -2.14. The van der Waals surface area contributed by atoms with Gasteiger partial charge in [0.2, 0.25) is 0 Å². The Kier molecular flexibility index (Phi) is 5.02. The van der Waals surface area contributed by atoms with Gasteiger partial charge >= 0.3 is 0 Å². The van der Waals surface area contributed by atoms with Crippen molar-refractivity contribution >= 4 is 0 Å². The van der Waals surface area contributed by atoms with Crippen LogP contribution in [0.2, 0.25) is 0 Å². The van der Waals surface area contributed by atoms with Crippen molar-refractivity contribution in [1.29, 1.82) is 0 Å². The largest absolute Gasteiger partial charge is 0.494 e. The fraction of sp³-hybridized carbons (Fsp3) is 0.600. The number of hydrogen-bond donors (Lipinski definition) is 1. The maximum absolute atomic E-state index is 5.55. The van der Waals surface area contributed by atoms with Gasteiger partial charge in [0.05, 0.1) is 12.7 Å². The Morgan fingerprint density at radius 2 is 2.11 bits per heavy atom. The standard InChI is InChI=1S/C15H23NO2/c1-3-17-15-6-4-13(5-7-15)10-16-11-14-8-9-18-12(14)2/h4-7,12,14,16H,3,8-11H2,1-2H3. The summed E-state index contributed by atoms with van der Waals surface area (Å²) < 4.78 is 11.0. The highest BCUT2D eigenvalue weighted by atomic mass is 16.5. The molecule has 2 unspecified atom stereocenters. The van der Waals surface area contributed by atoms with E-state index in [1.165, 1.54) is 12.0 Å². The van der Waals surface area contributed by atoms with Gasteiger partial charge in [-0.25, -0.2) is 0 Å². The Balaban J connectivity index is 1.72. The monoisotopic (exact) mass is 249 g/mol. The molecule has 0 aromatic heterocycles. The highest BCUT2D eigenvalue weighted by Crippen LogP contribution is 2.19. The van der Waals surface area contributed by atoms with Crippen molar-refractivity contribution in [3.63, 3.8) is 0 Å². The van der Waals surface area contributed by atoms with Gasteiger partial charge < -0.3 is 14.8 Å². The second-order valence-corrected chi connectivity index (χ2v) is 4.83. The first kappa shape index (κ1) is 13.4. The number of nitrogens with one attached hydrogen (secondary N) is 1. The van der Waals surface area contributed by atoms with Crippen LogP contribution in [-0.4, -0.2) is 25.9 Å². The van der Waals surface area contributed by atoms with E-state index in [1.54, 1.807) is 0 Å². The number of ether oxygens (including phenoxy) is 2. The van der Waals surface area contributed by atoms with E-state index in [2.05, 4.69) is 24.4 Å². The molecule has 1 aliphatic heterocycles. The molecule has 3 heteroatoms. The summed E-state index contributed by atoms with van der Waals surface area (Å²) in [4.78, 5) is 0. The fourth-order valence-corrected chi connectivity index (χ4v) is 2.32. The summed E-state index contributed by atoms with van der Waals surface area (Å²) in [5.74, 6) is 1.60. The number of benzene rings is 1. The maximum atomic E-state index is 5.55. The molecule has 0 aliphatic carbocycles. The van der Waals surface area contributed by atoms with E-state index >= 15 is 0 Å². The molecule has 0 bridgehead atoms. The van der Waals surface area contributed by atoms with E-state index < -0.39 is 0 Å². The Morgan fingerprint density at radius 3 is 2.72 bits per heavy atom. The molecular formula is C15H23NO2. The van der Waals surface area contributed by atoms with Crippen LogP contribution < -0.4 is 10.1 Å². The van der Waals surface area contributed by atoms with E-state index in [0.717, 1.165) is 32.1 Å². The van der Waals surface area contributed by atoms with Crippen LogP contribution in [0.3, 0.4) is 0 Å². The zero-order chi connectivity index (χ0) is 12.8. The predicted molar refractivity (Wildman–Crippen MR) is 72.8 cm³/mol. The van der Waals surface area contributed by atoms with Crippen molar-refractivity contribution < 1.29 is 9.47 Å². The summed E-state index contributed by atoms with van der Waals surface area (Å²) in [5.41, 5.74) is 1.30. The first-order chi connectivity index (χ1) is 8.79. The van der Waals surface area contributed by atoms with Crippen LogP contribution >= 0.6 is 0 Å². The van der Waals surface area contributed by atoms with E-state index in [-0.39, 0.29) is 0 Å². The minimum absolute atomic E-state index is 0.401. The van der Waals surface area contributed by atoms with Crippen LogP contribution in [0, 0.1) is 5.92 Å². The quantitative estimate of drug-likeness (QED) is 0.840. The summed E-state index contributed by atoms with van der Waals surface area (Å²) in [6.07, 6.45) is 1.58. The summed E-state index contributed by atoms with van der Waals surface area (Å²) in [5, 5.41) is 3.50. The van der Waals surface area contributed by atoms with Crippen LogP contribution in [0.5, 0.6) is 5.75 Å². The van der Waals surface area contributed by atoms with Crippen molar-refractivity contribution in [2.75, 3.05) is 19.8 Å². The lowest BCUT2D eigenvalue weighted by molar-refractivity contribution is 0.105. The van der Waals surface area contributed by atoms with Gasteiger partial charge in [-0.2, -0.15) is 0 Å². The normalized spacial score (nSPS) is 23.2. The maximum Gasteiger partial charge on any atom is 0.119 e. The van der Waals surface area contributed by atoms with Crippen molar-refractivity contribution in [1.82, 2.24) is 5.32 Å². The second kappa shape index (κ2) is 6.76. The topological polar surface area (TPSA) is 30.5 Å². The molecule has 1 heterocycles. The zero-order valence-corrected chi connectivity index (χ0v) is 11.3. The molecule has 2 atom stereocenters. The van der Waals surface area contributed by atoms with Gasteiger partial charge in [-0.15, -0.1) is 0 Å². The Morgan fingerprint density at radius 1 is 1.33 bits per heavy atom. The molecule has 1 aliphatic rings. The molecule has 0 radical (unpaired) electrons. The Hall–Kier alpha value is -1.06. The van der Waals surface area contributed by atoms with E-state index in [9.17, 15) is 0 Å². The molecule has 2 rings (SSSR count). The lowest BCUT2D eigenvalue weighted by Crippen LogP contribution is -2.26. The summed E-state index contributed by atoms with van der Waals surface area (Å²) in [6.45, 7) is 7.74. The fourth-order valence-electron chi connectivity index (χ4n) is 2.32. The molecule has 0 saturated carbocycles. The molecule has 3 nitrogen and oxygen atoms in total. The van der Waals surface area contributed by atoms with Crippen molar-refractivity contribution in [3.05, 3.63) is 29.8 Å². The SMILES string of the molecule is CCOc1ccc(CNCC2CCOC2C)cc1. The van der Waals surface area contributed by atoms with Gasteiger partial charge in [-0.05, 0) is 43.9 Å². The van der Waals surface area contributed by atoms with Crippen LogP contribution in [0.4, 0.5) is 0 Å². The first-order valence-corrected chi connectivity index (χ1v) is 6.83. The average Bonchev–Trinajstić information content (AvgIpc) is 2.78. The van der Waals surface area contributed by atoms with Gasteiger partial charge in [-0.3, -0.25) is 0 Å². The third kappa shape index (κ3) is 3.72. The molecule has 1 saturated heterocycles. The first-order valence-electron chi connectivity index (χ1n) is 6.83. The lowest BCUT2D eigenvalue weighted by atomic mass is 10.0. The third-order valence-electron chi connectivity index (χ3n) is 3.50. The van der Waals surface area contributed by atoms with Crippen molar-refractivity contribution in [2.24, 2.45) is 5.92 Å². The molecule has 1 aromatic rings. The van der Waals surface area contributed by atoms with Gasteiger partial charge in [0.15, 0.2) is 0 Å². The minimum atomic E-state index is 0.401. The molecule has 1 aromatic carbocycles. The van der Waals surface area contributed by atoms with E-state index in [0.29, 0.717) is 12.0 Å². The molecule has 0 spiro atoms. The van der Waals surface area contributed by atoms with Crippen LogP contribution in [0.25, 0.3) is 0 Å². The molecule has 1 N–H and O–H groups in total. The molecule has 18 heavy (non-hydrogen) atoms. The van der Waals surface area contributed by atoms with Crippen LogP contribution in [0.15, 0.2) is 24.3 Å². The second-order valence-electron chi connectivity index (χ2n) is 4.83. The third-order valence-corrected chi connectivity index (χ3v) is 3.50. The zero-order valence-electron chi connectivity index (χ0n) is 11.3. The molecule has 100 valence electrons. The van der Waals surface area contributed by atoms with Crippen LogP contribution in [-0.2, 0) is 11.3 Å². The van der Waals surface area contributed by atoms with Gasteiger partial charge in [0.1, 0.15) is 5.75 Å². The summed E-state index contributed by atoms with van der Waals surface area (Å²) in [7, 11) is 0. The van der Waals surface area contributed by atoms with Gasteiger partial charge in [0, 0.05) is 19.7 Å². The van der Waals surface area contributed by atoms with Crippen molar-refractivity contribution in [3.8, 4) is 5.75 Å². The molecule has 0 amide bonds. The average molecular weight is 249 g/mol. The van der Waals surface area contributed by atoms with Crippen molar-refractivity contribution in [2.45, 2.75) is 32.9 Å². The number of rotatable bonds is 6. The minimum Gasteiger partial charge on any atom is -0.494 e. The predicted octanol–water partition coefficient (Wildman–Crippen LogP) is 2.60. The Bertz CT molecular complexity index is 350. The van der Waals surface area contributed by atoms with E-state index in [4.69, 9.17) is 9.47 Å². The summed E-state index contributed by atoms with van der Waals surface area (Å²) in [6, 6.07) is 8.29. The number of hydrogen-bond acceptors (Lipinski definition) is 3. The van der Waals surface area contributed by atoms with Gasteiger partial charge in [0.25, 0.3) is 0 Å². The molecular weight excluding hydrogens is 226 g/mol. The summed E-state index contributed by atoms with van der Waals surface area (Å²) >= 11 is 0. The van der Waals surface area contributed by atoms with E-state index in [1.807, 2.05) is 19.1 Å². The molecule has 1 fully saturated rings. The highest BCUT2D eigenvalue weighted by Gasteiger charge is 2.23.